The Bertz CT molecular complexity index is 264. The van der Waals surface area contributed by atoms with Crippen molar-refractivity contribution >= 4 is 5.97 Å². The molecule has 1 saturated heterocycles. The van der Waals surface area contributed by atoms with Crippen molar-refractivity contribution in [3.63, 3.8) is 0 Å². The van der Waals surface area contributed by atoms with E-state index in [1.807, 2.05) is 0 Å². The molecule has 0 aromatic heterocycles. The van der Waals surface area contributed by atoms with E-state index in [4.69, 9.17) is 4.74 Å². The van der Waals surface area contributed by atoms with E-state index in [2.05, 4.69) is 13.2 Å². The van der Waals surface area contributed by atoms with Crippen LogP contribution in [-0.4, -0.2) is 29.4 Å². The van der Waals surface area contributed by atoms with Crippen LogP contribution in [0, 0.1) is 0 Å². The molecule has 3 atom stereocenters. The Labute approximate surface area is 101 Å². The van der Waals surface area contributed by atoms with Crippen molar-refractivity contribution in [1.29, 1.82) is 0 Å². The zero-order valence-corrected chi connectivity index (χ0v) is 8.81. The fourth-order valence-electron chi connectivity index (χ4n) is 1.48. The van der Waals surface area contributed by atoms with Gasteiger partial charge in [-0.15, -0.1) is 6.58 Å². The second kappa shape index (κ2) is 6.14. The molecule has 15 heavy (non-hydrogen) atoms. The van der Waals surface area contributed by atoms with Gasteiger partial charge in [0.15, 0.2) is 0 Å². The minimum atomic E-state index is -1.16. The standard InChI is InChI=1S/C10H14O4.Li/c1-3-8-10(13)6(2)4-7(14-8)5-9(11)12;/h3,7-8,10,13H,1-2,4-5H2,(H,11,12);/q;+1/p-1/t7-,8+,10-;/m0./s1. The van der Waals surface area contributed by atoms with Crippen LogP contribution in [0.1, 0.15) is 12.8 Å². The van der Waals surface area contributed by atoms with Crippen LogP contribution in [0.2, 0.25) is 0 Å². The van der Waals surface area contributed by atoms with Crippen molar-refractivity contribution in [2.24, 2.45) is 0 Å². The van der Waals surface area contributed by atoms with Crippen molar-refractivity contribution in [3.05, 3.63) is 24.8 Å². The normalized spacial score (nSPS) is 30.5. The Morgan fingerprint density at radius 2 is 2.33 bits per heavy atom. The summed E-state index contributed by atoms with van der Waals surface area (Å²) in [4.78, 5) is 10.3. The molecule has 0 radical (unpaired) electrons. The number of hydrogen-bond donors (Lipinski definition) is 1. The number of aliphatic hydroxyl groups is 1. The van der Waals surface area contributed by atoms with E-state index in [1.54, 1.807) is 0 Å². The fraction of sp³-hybridized carbons (Fsp3) is 0.500. The molecule has 78 valence electrons. The molecular weight excluding hydrogens is 191 g/mol. The van der Waals surface area contributed by atoms with Gasteiger partial charge in [0.1, 0.15) is 12.2 Å². The maximum absolute atomic E-state index is 10.3. The number of rotatable bonds is 3. The maximum Gasteiger partial charge on any atom is 1.00 e. The van der Waals surface area contributed by atoms with Crippen molar-refractivity contribution in [1.82, 2.24) is 0 Å². The summed E-state index contributed by atoms with van der Waals surface area (Å²) in [5, 5.41) is 19.9. The molecule has 0 aromatic rings. The van der Waals surface area contributed by atoms with Crippen LogP contribution in [0.5, 0.6) is 0 Å². The molecule has 0 aromatic carbocycles. The second-order valence-corrected chi connectivity index (χ2v) is 3.34. The van der Waals surface area contributed by atoms with Gasteiger partial charge in [-0.1, -0.05) is 12.7 Å². The van der Waals surface area contributed by atoms with Gasteiger partial charge in [0.2, 0.25) is 0 Å². The predicted octanol–water partition coefficient (Wildman–Crippen LogP) is -3.61. The molecule has 1 heterocycles. The van der Waals surface area contributed by atoms with Crippen LogP contribution in [0.4, 0.5) is 0 Å². The second-order valence-electron chi connectivity index (χ2n) is 3.34. The fourth-order valence-corrected chi connectivity index (χ4v) is 1.48. The van der Waals surface area contributed by atoms with Crippen LogP contribution < -0.4 is 24.0 Å². The summed E-state index contributed by atoms with van der Waals surface area (Å²) >= 11 is 0. The Hall–Kier alpha value is -0.533. The van der Waals surface area contributed by atoms with E-state index in [1.165, 1.54) is 6.08 Å². The van der Waals surface area contributed by atoms with Crippen LogP contribution >= 0.6 is 0 Å². The zero-order valence-electron chi connectivity index (χ0n) is 8.81. The molecule has 0 saturated carbocycles. The summed E-state index contributed by atoms with van der Waals surface area (Å²) in [6.45, 7) is 7.15. The van der Waals surface area contributed by atoms with Gasteiger partial charge in [-0.2, -0.15) is 0 Å². The quantitative estimate of drug-likeness (QED) is 0.381. The van der Waals surface area contributed by atoms with E-state index < -0.39 is 24.3 Å². The molecule has 0 aliphatic carbocycles. The van der Waals surface area contributed by atoms with E-state index >= 15 is 0 Å². The van der Waals surface area contributed by atoms with Gasteiger partial charge in [-0.25, -0.2) is 0 Å². The summed E-state index contributed by atoms with van der Waals surface area (Å²) in [6, 6.07) is 0. The van der Waals surface area contributed by atoms with Crippen molar-refractivity contribution < 1.29 is 38.6 Å². The number of carboxylic acid groups (broad SMARTS) is 1. The summed E-state index contributed by atoms with van der Waals surface area (Å²) in [5.41, 5.74) is 0.576. The third-order valence-electron chi connectivity index (χ3n) is 2.20. The molecule has 5 heteroatoms. The molecule has 0 amide bonds. The van der Waals surface area contributed by atoms with Crippen LogP contribution in [0.15, 0.2) is 24.8 Å². The molecule has 1 rings (SSSR count). The first-order chi connectivity index (χ1) is 6.54. The number of carboxylic acids is 1. The van der Waals surface area contributed by atoms with Crippen LogP contribution in [0.25, 0.3) is 0 Å². The average Bonchev–Trinajstić information content (AvgIpc) is 2.10. The number of carbonyl (C=O) groups is 1. The van der Waals surface area contributed by atoms with Gasteiger partial charge in [0.25, 0.3) is 0 Å². The Morgan fingerprint density at radius 1 is 1.73 bits per heavy atom. The summed E-state index contributed by atoms with van der Waals surface area (Å²) in [6.07, 6.45) is -0.225. The topological polar surface area (TPSA) is 69.6 Å². The average molecular weight is 204 g/mol. The van der Waals surface area contributed by atoms with E-state index in [9.17, 15) is 15.0 Å². The number of aliphatic carboxylic acids is 1. The monoisotopic (exact) mass is 204 g/mol. The summed E-state index contributed by atoms with van der Waals surface area (Å²) in [5.74, 6) is -1.16. The Kier molecular flexibility index (Phi) is 5.92. The minimum absolute atomic E-state index is 0. The summed E-state index contributed by atoms with van der Waals surface area (Å²) < 4.78 is 5.28. The first kappa shape index (κ1) is 14.5. The van der Waals surface area contributed by atoms with Gasteiger partial charge in [-0.3, -0.25) is 0 Å². The van der Waals surface area contributed by atoms with Gasteiger partial charge < -0.3 is 19.7 Å². The Morgan fingerprint density at radius 3 is 2.80 bits per heavy atom. The van der Waals surface area contributed by atoms with E-state index in [-0.39, 0.29) is 25.3 Å². The van der Waals surface area contributed by atoms with Gasteiger partial charge >= 0.3 is 18.9 Å². The van der Waals surface area contributed by atoms with Gasteiger partial charge in [0, 0.05) is 12.4 Å². The molecule has 1 fully saturated rings. The van der Waals surface area contributed by atoms with Crippen molar-refractivity contribution in [2.75, 3.05) is 0 Å². The number of hydrogen-bond acceptors (Lipinski definition) is 4. The smallest absolute Gasteiger partial charge is 0.550 e. The van der Waals surface area contributed by atoms with Crippen molar-refractivity contribution in [2.45, 2.75) is 31.2 Å². The zero-order chi connectivity index (χ0) is 10.7. The molecule has 1 aliphatic heterocycles. The van der Waals surface area contributed by atoms with E-state index in [0.717, 1.165) is 0 Å². The van der Waals surface area contributed by atoms with Gasteiger partial charge in [0.05, 0.1) is 6.10 Å². The molecule has 1 N–H and O–H groups in total. The van der Waals surface area contributed by atoms with Gasteiger partial charge in [-0.05, 0) is 12.0 Å². The first-order valence-corrected chi connectivity index (χ1v) is 4.38. The van der Waals surface area contributed by atoms with Crippen LogP contribution in [-0.2, 0) is 9.53 Å². The minimum Gasteiger partial charge on any atom is -0.550 e. The maximum atomic E-state index is 10.3. The number of aliphatic hydroxyl groups excluding tert-OH is 1. The Balaban J connectivity index is 0.00000196. The number of carbonyl (C=O) groups excluding carboxylic acids is 1. The van der Waals surface area contributed by atoms with Crippen molar-refractivity contribution in [3.8, 4) is 0 Å². The largest absolute Gasteiger partial charge is 1.00 e. The predicted molar refractivity (Wildman–Crippen MR) is 48.2 cm³/mol. The van der Waals surface area contributed by atoms with E-state index in [0.29, 0.717) is 12.0 Å². The molecule has 0 bridgehead atoms. The third kappa shape index (κ3) is 3.84. The molecule has 1 aliphatic rings. The molecule has 4 nitrogen and oxygen atoms in total. The molecule has 0 unspecified atom stereocenters. The first-order valence-electron chi connectivity index (χ1n) is 4.38. The number of ether oxygens (including phenoxy) is 1. The summed E-state index contributed by atoms with van der Waals surface area (Å²) in [7, 11) is 0. The molecular formula is C10H13LiO4. The van der Waals surface area contributed by atoms with Crippen LogP contribution in [0.3, 0.4) is 0 Å². The third-order valence-corrected chi connectivity index (χ3v) is 2.20. The molecule has 0 spiro atoms. The SMILES string of the molecule is C=C[C@H]1O[C@H](CC(=O)[O-])CC(=C)[C@@H]1O.[Li+].